The van der Waals surface area contributed by atoms with Gasteiger partial charge in [0.15, 0.2) is 0 Å². The molecule has 0 radical (unpaired) electrons. The summed E-state index contributed by atoms with van der Waals surface area (Å²) in [6.07, 6.45) is 0.0703. The van der Waals surface area contributed by atoms with Gasteiger partial charge in [-0.2, -0.15) is 13.2 Å². The summed E-state index contributed by atoms with van der Waals surface area (Å²) in [5.74, 6) is 0.198. The Morgan fingerprint density at radius 1 is 1.18 bits per heavy atom. The van der Waals surface area contributed by atoms with Crippen LogP contribution in [0.15, 0.2) is 24.3 Å². The lowest BCUT2D eigenvalue weighted by molar-refractivity contribution is -0.137. The van der Waals surface area contributed by atoms with Crippen LogP contribution >= 0.6 is 0 Å². The number of rotatable bonds is 5. The van der Waals surface area contributed by atoms with Gasteiger partial charge >= 0.3 is 6.18 Å². The molecule has 0 aliphatic rings. The third-order valence-electron chi connectivity index (χ3n) is 3.02. The molecule has 1 atom stereocenters. The van der Waals surface area contributed by atoms with Crippen molar-refractivity contribution in [3.05, 3.63) is 35.4 Å². The Labute approximate surface area is 101 Å². The van der Waals surface area contributed by atoms with Crippen LogP contribution in [0, 0.1) is 0 Å². The molecule has 0 saturated heterocycles. The summed E-state index contributed by atoms with van der Waals surface area (Å²) in [6.45, 7) is 4.11. The van der Waals surface area contributed by atoms with Crippen LogP contribution in [-0.4, -0.2) is 0 Å². The molecule has 17 heavy (non-hydrogen) atoms. The summed E-state index contributed by atoms with van der Waals surface area (Å²) in [7, 11) is 0. The quantitative estimate of drug-likeness (QED) is 0.609. The molecule has 1 aromatic carbocycles. The number of hydrogen-bond acceptors (Lipinski definition) is 0. The minimum absolute atomic E-state index is 0.198. The summed E-state index contributed by atoms with van der Waals surface area (Å²) >= 11 is 0. The molecule has 0 spiro atoms. The highest BCUT2D eigenvalue weighted by atomic mass is 19.4. The van der Waals surface area contributed by atoms with Gasteiger partial charge in [-0.1, -0.05) is 51.3 Å². The van der Waals surface area contributed by atoms with E-state index >= 15 is 0 Å². The van der Waals surface area contributed by atoms with Gasteiger partial charge in [0.25, 0.3) is 0 Å². The summed E-state index contributed by atoms with van der Waals surface area (Å²) in [6, 6.07) is 5.68. The normalized spacial score (nSPS) is 13.7. The van der Waals surface area contributed by atoms with Crippen molar-refractivity contribution in [1.29, 1.82) is 0 Å². The van der Waals surface area contributed by atoms with Crippen molar-refractivity contribution in [2.24, 2.45) is 0 Å². The highest BCUT2D eigenvalue weighted by Crippen LogP contribution is 2.32. The molecular weight excluding hydrogens is 225 g/mol. The van der Waals surface area contributed by atoms with E-state index in [1.807, 2.05) is 6.92 Å². The van der Waals surface area contributed by atoms with E-state index in [9.17, 15) is 13.2 Å². The van der Waals surface area contributed by atoms with Gasteiger partial charge in [-0.15, -0.1) is 0 Å². The van der Waals surface area contributed by atoms with E-state index in [0.29, 0.717) is 0 Å². The zero-order chi connectivity index (χ0) is 12.9. The lowest BCUT2D eigenvalue weighted by Crippen LogP contribution is -2.06. The highest BCUT2D eigenvalue weighted by Gasteiger charge is 2.30. The highest BCUT2D eigenvalue weighted by molar-refractivity contribution is 5.27. The Balaban J connectivity index is 2.71. The monoisotopic (exact) mass is 244 g/mol. The Bertz CT molecular complexity index is 342. The fraction of sp³-hybridized carbons (Fsp3) is 0.571. The molecule has 0 nitrogen and oxygen atoms in total. The zero-order valence-corrected chi connectivity index (χ0v) is 10.3. The Morgan fingerprint density at radius 2 is 1.88 bits per heavy atom. The third-order valence-corrected chi connectivity index (χ3v) is 3.02. The first-order valence-electron chi connectivity index (χ1n) is 6.12. The maximum Gasteiger partial charge on any atom is 0.416 e. The standard InChI is InChI=1S/C14H19F3/c1-3-4-5-7-11(2)12-8-6-9-13(10-12)14(15,16)17/h6,8-11H,3-5,7H2,1-2H3. The first-order valence-corrected chi connectivity index (χ1v) is 6.12. The van der Waals surface area contributed by atoms with Crippen molar-refractivity contribution < 1.29 is 13.2 Å². The average molecular weight is 244 g/mol. The van der Waals surface area contributed by atoms with Gasteiger partial charge in [-0.3, -0.25) is 0 Å². The third kappa shape index (κ3) is 4.41. The van der Waals surface area contributed by atoms with Crippen LogP contribution in [-0.2, 0) is 6.18 Å². The molecule has 0 aliphatic carbocycles. The van der Waals surface area contributed by atoms with E-state index in [4.69, 9.17) is 0 Å². The molecule has 0 aliphatic heterocycles. The summed E-state index contributed by atoms with van der Waals surface area (Å²) in [5, 5.41) is 0. The fourth-order valence-corrected chi connectivity index (χ4v) is 1.89. The first-order chi connectivity index (χ1) is 7.95. The second kappa shape index (κ2) is 6.08. The average Bonchev–Trinajstić information content (AvgIpc) is 2.28. The van der Waals surface area contributed by atoms with Crippen LogP contribution in [0.5, 0.6) is 0 Å². The molecule has 1 rings (SSSR count). The summed E-state index contributed by atoms with van der Waals surface area (Å²) < 4.78 is 37.6. The van der Waals surface area contributed by atoms with Gasteiger partial charge in [0.05, 0.1) is 5.56 Å². The molecule has 3 heteroatoms. The molecule has 0 fully saturated rings. The maximum absolute atomic E-state index is 12.5. The minimum atomic E-state index is -4.24. The summed E-state index contributed by atoms with van der Waals surface area (Å²) in [5.41, 5.74) is 0.244. The Morgan fingerprint density at radius 3 is 2.47 bits per heavy atom. The summed E-state index contributed by atoms with van der Waals surface area (Å²) in [4.78, 5) is 0. The van der Waals surface area contributed by atoms with E-state index in [-0.39, 0.29) is 5.92 Å². The Hall–Kier alpha value is -0.990. The largest absolute Gasteiger partial charge is 0.416 e. The fourth-order valence-electron chi connectivity index (χ4n) is 1.89. The van der Waals surface area contributed by atoms with Gasteiger partial charge in [-0.25, -0.2) is 0 Å². The number of benzene rings is 1. The topological polar surface area (TPSA) is 0 Å². The second-order valence-corrected chi connectivity index (χ2v) is 4.52. The minimum Gasteiger partial charge on any atom is -0.166 e. The van der Waals surface area contributed by atoms with Crippen LogP contribution in [0.2, 0.25) is 0 Å². The molecule has 0 amide bonds. The van der Waals surface area contributed by atoms with Crippen molar-refractivity contribution in [2.75, 3.05) is 0 Å². The predicted octanol–water partition coefficient (Wildman–Crippen LogP) is 5.39. The number of unbranched alkanes of at least 4 members (excludes halogenated alkanes) is 2. The molecule has 0 heterocycles. The molecule has 96 valence electrons. The van der Waals surface area contributed by atoms with Crippen molar-refractivity contribution in [2.45, 2.75) is 51.6 Å². The van der Waals surface area contributed by atoms with Gasteiger partial charge in [-0.05, 0) is 24.0 Å². The van der Waals surface area contributed by atoms with Gasteiger partial charge in [0, 0.05) is 0 Å². The lowest BCUT2D eigenvalue weighted by atomic mass is 9.94. The van der Waals surface area contributed by atoms with Crippen LogP contribution in [0.3, 0.4) is 0 Å². The van der Waals surface area contributed by atoms with E-state index in [1.54, 1.807) is 6.07 Å². The molecule has 1 aromatic rings. The smallest absolute Gasteiger partial charge is 0.166 e. The molecule has 0 N–H and O–H groups in total. The molecule has 0 aromatic heterocycles. The van der Waals surface area contributed by atoms with Gasteiger partial charge in [0.1, 0.15) is 0 Å². The Kier molecular flexibility index (Phi) is 5.03. The van der Waals surface area contributed by atoms with Crippen LogP contribution in [0.25, 0.3) is 0 Å². The van der Waals surface area contributed by atoms with Crippen molar-refractivity contribution in [3.63, 3.8) is 0 Å². The van der Waals surface area contributed by atoms with Crippen LogP contribution in [0.1, 0.15) is 56.6 Å². The maximum atomic E-state index is 12.5. The second-order valence-electron chi connectivity index (χ2n) is 4.52. The molecular formula is C14H19F3. The van der Waals surface area contributed by atoms with Crippen molar-refractivity contribution in [3.8, 4) is 0 Å². The zero-order valence-electron chi connectivity index (χ0n) is 10.3. The molecule has 0 saturated carbocycles. The van der Waals surface area contributed by atoms with E-state index in [2.05, 4.69) is 6.92 Å². The molecule has 0 bridgehead atoms. The van der Waals surface area contributed by atoms with E-state index in [0.717, 1.165) is 37.3 Å². The van der Waals surface area contributed by atoms with E-state index < -0.39 is 11.7 Å². The predicted molar refractivity (Wildman–Crippen MR) is 64.0 cm³/mol. The van der Waals surface area contributed by atoms with Gasteiger partial charge in [0.2, 0.25) is 0 Å². The van der Waals surface area contributed by atoms with Gasteiger partial charge < -0.3 is 0 Å². The van der Waals surface area contributed by atoms with Crippen molar-refractivity contribution >= 4 is 0 Å². The number of alkyl halides is 3. The van der Waals surface area contributed by atoms with Crippen LogP contribution < -0.4 is 0 Å². The van der Waals surface area contributed by atoms with Crippen molar-refractivity contribution in [1.82, 2.24) is 0 Å². The number of hydrogen-bond donors (Lipinski definition) is 0. The molecule has 1 unspecified atom stereocenters. The first kappa shape index (κ1) is 14.1. The van der Waals surface area contributed by atoms with Crippen LogP contribution in [0.4, 0.5) is 13.2 Å². The van der Waals surface area contributed by atoms with E-state index in [1.165, 1.54) is 12.1 Å². The number of halogens is 3. The SMILES string of the molecule is CCCCCC(C)c1cccc(C(F)(F)F)c1. The lowest BCUT2D eigenvalue weighted by Gasteiger charge is -2.14.